The fraction of sp³-hybridized carbons (Fsp3) is 0.375. The van der Waals surface area contributed by atoms with Crippen LogP contribution in [-0.2, 0) is 4.74 Å². The van der Waals surface area contributed by atoms with Crippen molar-refractivity contribution in [2.75, 3.05) is 19.8 Å². The van der Waals surface area contributed by atoms with Crippen LogP contribution in [0.1, 0.15) is 33.0 Å². The lowest BCUT2D eigenvalue weighted by Gasteiger charge is -2.35. The van der Waals surface area contributed by atoms with Crippen molar-refractivity contribution in [1.29, 1.82) is 0 Å². The maximum absolute atomic E-state index is 12.7. The van der Waals surface area contributed by atoms with Gasteiger partial charge in [-0.15, -0.1) is 0 Å². The largest absolute Gasteiger partial charge is 0.461 e. The molecule has 0 spiro atoms. The molecule has 1 aliphatic heterocycles. The number of furan rings is 1. The van der Waals surface area contributed by atoms with Crippen LogP contribution in [0.4, 0.5) is 0 Å². The van der Waals surface area contributed by atoms with Gasteiger partial charge in [-0.2, -0.15) is 0 Å². The van der Waals surface area contributed by atoms with Crippen LogP contribution in [0.15, 0.2) is 35.1 Å². The van der Waals surface area contributed by atoms with E-state index < -0.39 is 0 Å². The van der Waals surface area contributed by atoms with Gasteiger partial charge in [-0.1, -0.05) is 0 Å². The van der Waals surface area contributed by atoms with E-state index in [-0.39, 0.29) is 24.2 Å². The molecule has 0 saturated carbocycles. The van der Waals surface area contributed by atoms with Crippen molar-refractivity contribution in [3.63, 3.8) is 0 Å². The number of H-pyrrole nitrogens is 1. The molecule has 3 heterocycles. The molecule has 1 N–H and O–H groups in total. The molecule has 0 aliphatic carbocycles. The number of carbonyl (C=O) groups excluding carboxylic acids is 2. The number of hydrogen-bond donors (Lipinski definition) is 1. The first-order chi connectivity index (χ1) is 10.7. The van der Waals surface area contributed by atoms with Crippen molar-refractivity contribution in [1.82, 2.24) is 9.88 Å². The third-order valence-corrected chi connectivity index (χ3v) is 3.89. The van der Waals surface area contributed by atoms with E-state index in [2.05, 4.69) is 4.98 Å². The molecule has 2 aromatic heterocycles. The summed E-state index contributed by atoms with van der Waals surface area (Å²) in [4.78, 5) is 29.6. The van der Waals surface area contributed by atoms with E-state index >= 15 is 0 Å². The number of nitrogens with one attached hydrogen (secondary N) is 1. The maximum Gasteiger partial charge on any atom is 0.256 e. The Morgan fingerprint density at radius 1 is 1.41 bits per heavy atom. The lowest BCUT2D eigenvalue weighted by molar-refractivity contribution is -0.00306. The summed E-state index contributed by atoms with van der Waals surface area (Å²) in [5, 5.41) is 0. The fourth-order valence-electron chi connectivity index (χ4n) is 2.68. The van der Waals surface area contributed by atoms with Crippen molar-refractivity contribution in [3.8, 4) is 0 Å². The van der Waals surface area contributed by atoms with E-state index in [1.165, 1.54) is 6.26 Å². The Morgan fingerprint density at radius 3 is 2.95 bits per heavy atom. The zero-order valence-electron chi connectivity index (χ0n) is 12.4. The van der Waals surface area contributed by atoms with E-state index in [1.807, 2.05) is 6.92 Å². The van der Waals surface area contributed by atoms with Gasteiger partial charge in [0.15, 0.2) is 11.5 Å². The molecule has 1 atom stereocenters. The predicted molar refractivity (Wildman–Crippen MR) is 78.8 cm³/mol. The summed E-state index contributed by atoms with van der Waals surface area (Å²) in [7, 11) is 0. The van der Waals surface area contributed by atoms with E-state index in [4.69, 9.17) is 9.15 Å². The van der Waals surface area contributed by atoms with Crippen molar-refractivity contribution >= 4 is 11.7 Å². The number of Topliss-reactive ketones (excluding diaryl/α,β-unsaturated/α-hetero) is 1. The molecule has 6 heteroatoms. The first-order valence-corrected chi connectivity index (χ1v) is 7.26. The number of aromatic amines is 1. The summed E-state index contributed by atoms with van der Waals surface area (Å²) in [6, 6.07) is 4.80. The van der Waals surface area contributed by atoms with Gasteiger partial charge in [0.05, 0.1) is 31.1 Å². The van der Waals surface area contributed by atoms with Gasteiger partial charge in [0, 0.05) is 24.9 Å². The van der Waals surface area contributed by atoms with Gasteiger partial charge < -0.3 is 19.0 Å². The number of ether oxygens (including phenoxy) is 1. The number of aryl methyl sites for hydroxylation is 1. The van der Waals surface area contributed by atoms with Crippen LogP contribution in [0, 0.1) is 6.92 Å². The average molecular weight is 302 g/mol. The number of aromatic nitrogens is 1. The van der Waals surface area contributed by atoms with Crippen LogP contribution < -0.4 is 0 Å². The molecule has 116 valence electrons. The second kappa shape index (κ2) is 6.19. The number of carbonyl (C=O) groups is 2. The van der Waals surface area contributed by atoms with Crippen LogP contribution in [0.3, 0.4) is 0 Å². The van der Waals surface area contributed by atoms with Crippen LogP contribution >= 0.6 is 0 Å². The van der Waals surface area contributed by atoms with Crippen molar-refractivity contribution in [2.24, 2.45) is 0 Å². The molecular weight excluding hydrogens is 284 g/mol. The van der Waals surface area contributed by atoms with Gasteiger partial charge in [0.2, 0.25) is 0 Å². The first kappa shape index (κ1) is 14.6. The van der Waals surface area contributed by atoms with E-state index in [0.717, 1.165) is 5.69 Å². The molecule has 3 rings (SSSR count). The summed E-state index contributed by atoms with van der Waals surface area (Å²) in [6.07, 6.45) is 3.41. The molecule has 2 aromatic rings. The molecule has 6 nitrogen and oxygen atoms in total. The highest BCUT2D eigenvalue weighted by atomic mass is 16.5. The lowest BCUT2D eigenvalue weighted by Crippen LogP contribution is -2.49. The smallest absolute Gasteiger partial charge is 0.256 e. The van der Waals surface area contributed by atoms with E-state index in [1.54, 1.807) is 29.3 Å². The monoisotopic (exact) mass is 302 g/mol. The standard InChI is InChI=1S/C16H18N2O4/c1-11-13(4-5-17-11)16(20)18-6-8-21-10-12(18)9-14(19)15-3-2-7-22-15/h2-5,7,12,17H,6,8-10H2,1H3/t12-/m1/s1. The third kappa shape index (κ3) is 2.82. The second-order valence-corrected chi connectivity index (χ2v) is 5.35. The first-order valence-electron chi connectivity index (χ1n) is 7.26. The quantitative estimate of drug-likeness (QED) is 0.877. The molecule has 1 aliphatic rings. The number of ketones is 1. The SMILES string of the molecule is Cc1[nH]ccc1C(=O)N1CCOC[C@H]1CC(=O)c1ccco1. The Bertz CT molecular complexity index is 660. The molecule has 1 fully saturated rings. The van der Waals surface area contributed by atoms with Crippen LogP contribution in [0.5, 0.6) is 0 Å². The third-order valence-electron chi connectivity index (χ3n) is 3.89. The second-order valence-electron chi connectivity index (χ2n) is 5.35. The highest BCUT2D eigenvalue weighted by molar-refractivity contribution is 5.97. The average Bonchev–Trinajstić information content (AvgIpc) is 3.18. The highest BCUT2D eigenvalue weighted by Gasteiger charge is 2.31. The van der Waals surface area contributed by atoms with Crippen molar-refractivity contribution in [3.05, 3.63) is 47.7 Å². The Labute approximate surface area is 128 Å². The summed E-state index contributed by atoms with van der Waals surface area (Å²) in [6.45, 7) is 3.19. The van der Waals surface area contributed by atoms with Crippen LogP contribution in [-0.4, -0.2) is 47.4 Å². The minimum atomic E-state index is -0.270. The molecule has 0 unspecified atom stereocenters. The summed E-state index contributed by atoms with van der Waals surface area (Å²) < 4.78 is 10.6. The normalized spacial score (nSPS) is 18.4. The highest BCUT2D eigenvalue weighted by Crippen LogP contribution is 2.19. The number of morpholine rings is 1. The van der Waals surface area contributed by atoms with Gasteiger partial charge >= 0.3 is 0 Å². The maximum atomic E-state index is 12.7. The topological polar surface area (TPSA) is 75.5 Å². The Kier molecular flexibility index (Phi) is 4.11. The summed E-state index contributed by atoms with van der Waals surface area (Å²) in [5.41, 5.74) is 1.46. The zero-order chi connectivity index (χ0) is 15.5. The lowest BCUT2D eigenvalue weighted by atomic mass is 10.1. The summed E-state index contributed by atoms with van der Waals surface area (Å²) in [5.74, 6) is 0.124. The zero-order valence-corrected chi connectivity index (χ0v) is 12.4. The number of nitrogens with zero attached hydrogens (tertiary/aromatic N) is 1. The van der Waals surface area contributed by atoms with Gasteiger partial charge in [-0.05, 0) is 25.1 Å². The predicted octanol–water partition coefficient (Wildman–Crippen LogP) is 2.03. The van der Waals surface area contributed by atoms with Gasteiger partial charge in [0.25, 0.3) is 5.91 Å². The Morgan fingerprint density at radius 2 is 2.27 bits per heavy atom. The molecule has 1 saturated heterocycles. The molecule has 0 bridgehead atoms. The fourth-order valence-corrected chi connectivity index (χ4v) is 2.68. The molecule has 1 amide bonds. The van der Waals surface area contributed by atoms with Gasteiger partial charge in [0.1, 0.15) is 0 Å². The molecule has 0 radical (unpaired) electrons. The minimum absolute atomic E-state index is 0.0701. The van der Waals surface area contributed by atoms with Crippen LogP contribution in [0.25, 0.3) is 0 Å². The number of hydrogen-bond acceptors (Lipinski definition) is 4. The minimum Gasteiger partial charge on any atom is -0.461 e. The van der Waals surface area contributed by atoms with Crippen molar-refractivity contribution in [2.45, 2.75) is 19.4 Å². The van der Waals surface area contributed by atoms with E-state index in [0.29, 0.717) is 31.1 Å². The Balaban J connectivity index is 1.75. The van der Waals surface area contributed by atoms with E-state index in [9.17, 15) is 9.59 Å². The molecular formula is C16H18N2O4. The molecule has 0 aromatic carbocycles. The van der Waals surface area contributed by atoms with Gasteiger partial charge in [-0.3, -0.25) is 9.59 Å². The summed E-state index contributed by atoms with van der Waals surface area (Å²) >= 11 is 0. The van der Waals surface area contributed by atoms with Crippen LogP contribution in [0.2, 0.25) is 0 Å². The molecule has 22 heavy (non-hydrogen) atoms. The Hall–Kier alpha value is -2.34. The number of amides is 1. The van der Waals surface area contributed by atoms with Gasteiger partial charge in [-0.25, -0.2) is 0 Å². The van der Waals surface area contributed by atoms with Crippen molar-refractivity contribution < 1.29 is 18.7 Å². The number of rotatable bonds is 4.